The number of hydrogen-bond acceptors (Lipinski definition) is 6. The van der Waals surface area contributed by atoms with Crippen LogP contribution in [0.15, 0.2) is 23.6 Å². The molecule has 24 heavy (non-hydrogen) atoms. The van der Waals surface area contributed by atoms with Crippen LogP contribution in [-0.2, 0) is 9.47 Å². The Labute approximate surface area is 146 Å². The Morgan fingerprint density at radius 3 is 2.79 bits per heavy atom. The second-order valence-corrected chi connectivity index (χ2v) is 7.42. The van der Waals surface area contributed by atoms with Crippen LogP contribution in [0.25, 0.3) is 10.7 Å². The Hall–Kier alpha value is -1.50. The van der Waals surface area contributed by atoms with Gasteiger partial charge in [0.15, 0.2) is 5.82 Å². The van der Waals surface area contributed by atoms with Crippen LogP contribution in [0.4, 0.5) is 5.82 Å². The summed E-state index contributed by atoms with van der Waals surface area (Å²) >= 11 is 1.68. The van der Waals surface area contributed by atoms with E-state index in [1.807, 2.05) is 13.0 Å². The smallest absolute Gasteiger partial charge is 0.171 e. The highest BCUT2D eigenvalue weighted by molar-refractivity contribution is 7.13. The van der Waals surface area contributed by atoms with Crippen LogP contribution in [-0.4, -0.2) is 48.5 Å². The van der Waals surface area contributed by atoms with Crippen molar-refractivity contribution in [2.75, 3.05) is 31.2 Å². The molecule has 0 radical (unpaired) electrons. The fourth-order valence-electron chi connectivity index (χ4n) is 3.34. The maximum atomic E-state index is 6.16. The molecule has 2 fully saturated rings. The molecule has 128 valence electrons. The van der Waals surface area contributed by atoms with Crippen LogP contribution in [0, 0.1) is 6.92 Å². The number of nitrogens with zero attached hydrogens (tertiary/aromatic N) is 3. The molecule has 2 aromatic heterocycles. The Morgan fingerprint density at radius 1 is 1.21 bits per heavy atom. The van der Waals surface area contributed by atoms with Crippen molar-refractivity contribution in [3.8, 4) is 10.7 Å². The van der Waals surface area contributed by atoms with Crippen molar-refractivity contribution in [2.24, 2.45) is 0 Å². The van der Waals surface area contributed by atoms with E-state index < -0.39 is 0 Å². The molecular formula is C18H23N3O2S. The lowest BCUT2D eigenvalue weighted by Crippen LogP contribution is -2.39. The van der Waals surface area contributed by atoms with Gasteiger partial charge in [-0.15, -0.1) is 11.3 Å². The summed E-state index contributed by atoms with van der Waals surface area (Å²) in [4.78, 5) is 12.9. The largest absolute Gasteiger partial charge is 0.379 e. The second-order valence-electron chi connectivity index (χ2n) is 6.48. The molecule has 0 aromatic carbocycles. The minimum atomic E-state index is 0.299. The number of piperidine rings is 1. The van der Waals surface area contributed by atoms with Crippen LogP contribution in [0.3, 0.4) is 0 Å². The van der Waals surface area contributed by atoms with Crippen molar-refractivity contribution in [3.05, 3.63) is 29.3 Å². The van der Waals surface area contributed by atoms with Crippen LogP contribution in [0.5, 0.6) is 0 Å². The predicted octanol–water partition coefficient (Wildman–Crippen LogP) is 3.29. The van der Waals surface area contributed by atoms with Crippen LogP contribution >= 0.6 is 11.3 Å². The number of hydrogen-bond donors (Lipinski definition) is 0. The standard InChI is InChI=1S/C18H23N3O2S/c1-13-11-17(20-18(19-13)16-3-2-10-24-16)21-7-4-14(5-8-21)23-15-6-9-22-12-15/h2-3,10-11,14-15H,4-9,12H2,1H3. The van der Waals surface area contributed by atoms with Gasteiger partial charge in [0, 0.05) is 31.5 Å². The molecule has 1 atom stereocenters. The number of ether oxygens (including phenoxy) is 2. The SMILES string of the molecule is Cc1cc(N2CCC(OC3CCOC3)CC2)nc(-c2cccs2)n1. The second kappa shape index (κ2) is 7.17. The van der Waals surface area contributed by atoms with E-state index in [1.165, 1.54) is 0 Å². The van der Waals surface area contributed by atoms with E-state index >= 15 is 0 Å². The average molecular weight is 345 g/mol. The zero-order valence-corrected chi connectivity index (χ0v) is 14.8. The van der Waals surface area contributed by atoms with E-state index in [2.05, 4.69) is 27.4 Å². The summed E-state index contributed by atoms with van der Waals surface area (Å²) in [5, 5.41) is 2.07. The average Bonchev–Trinajstić information content (AvgIpc) is 3.29. The molecular weight excluding hydrogens is 322 g/mol. The molecule has 5 nitrogen and oxygen atoms in total. The first-order valence-electron chi connectivity index (χ1n) is 8.65. The fourth-order valence-corrected chi connectivity index (χ4v) is 4.00. The Bertz CT molecular complexity index is 663. The molecule has 6 heteroatoms. The lowest BCUT2D eigenvalue weighted by molar-refractivity contribution is -0.0261. The molecule has 0 saturated carbocycles. The summed E-state index contributed by atoms with van der Waals surface area (Å²) in [6, 6.07) is 6.21. The summed E-state index contributed by atoms with van der Waals surface area (Å²) in [6.07, 6.45) is 3.79. The number of anilines is 1. The number of aromatic nitrogens is 2. The minimum Gasteiger partial charge on any atom is -0.379 e. The zero-order chi connectivity index (χ0) is 16.4. The van der Waals surface area contributed by atoms with E-state index in [0.29, 0.717) is 12.2 Å². The van der Waals surface area contributed by atoms with Gasteiger partial charge in [-0.25, -0.2) is 9.97 Å². The molecule has 1 unspecified atom stereocenters. The van der Waals surface area contributed by atoms with Gasteiger partial charge >= 0.3 is 0 Å². The van der Waals surface area contributed by atoms with Gasteiger partial charge in [-0.3, -0.25) is 0 Å². The van der Waals surface area contributed by atoms with E-state index in [1.54, 1.807) is 11.3 Å². The molecule has 0 amide bonds. The van der Waals surface area contributed by atoms with Crippen molar-refractivity contribution in [2.45, 2.75) is 38.4 Å². The maximum Gasteiger partial charge on any atom is 0.171 e. The lowest BCUT2D eigenvalue weighted by atomic mass is 10.1. The monoisotopic (exact) mass is 345 g/mol. The Morgan fingerprint density at radius 2 is 2.08 bits per heavy atom. The molecule has 0 spiro atoms. The summed E-state index contributed by atoms with van der Waals surface area (Å²) in [5.41, 5.74) is 1.02. The van der Waals surface area contributed by atoms with Crippen molar-refractivity contribution >= 4 is 17.2 Å². The van der Waals surface area contributed by atoms with Crippen molar-refractivity contribution in [3.63, 3.8) is 0 Å². The van der Waals surface area contributed by atoms with E-state index in [-0.39, 0.29) is 0 Å². The highest BCUT2D eigenvalue weighted by Gasteiger charge is 2.26. The molecule has 2 aliphatic heterocycles. The van der Waals surface area contributed by atoms with Gasteiger partial charge in [-0.1, -0.05) is 6.07 Å². The van der Waals surface area contributed by atoms with Gasteiger partial charge in [0.25, 0.3) is 0 Å². The van der Waals surface area contributed by atoms with Gasteiger partial charge in [0.1, 0.15) is 5.82 Å². The fraction of sp³-hybridized carbons (Fsp3) is 0.556. The Kier molecular flexibility index (Phi) is 4.78. The van der Waals surface area contributed by atoms with Gasteiger partial charge in [-0.2, -0.15) is 0 Å². The van der Waals surface area contributed by atoms with E-state index in [9.17, 15) is 0 Å². The van der Waals surface area contributed by atoms with E-state index in [4.69, 9.17) is 14.5 Å². The number of rotatable bonds is 4. The Balaban J connectivity index is 1.41. The van der Waals surface area contributed by atoms with Crippen LogP contribution in [0.1, 0.15) is 25.0 Å². The van der Waals surface area contributed by atoms with E-state index in [0.717, 1.165) is 67.8 Å². The summed E-state index contributed by atoms with van der Waals surface area (Å²) in [6.45, 7) is 5.61. The van der Waals surface area contributed by atoms with Crippen molar-refractivity contribution in [1.82, 2.24) is 9.97 Å². The van der Waals surface area contributed by atoms with Gasteiger partial charge < -0.3 is 14.4 Å². The third-order valence-electron chi connectivity index (χ3n) is 4.62. The summed E-state index contributed by atoms with van der Waals surface area (Å²) in [7, 11) is 0. The highest BCUT2D eigenvalue weighted by Crippen LogP contribution is 2.26. The van der Waals surface area contributed by atoms with Gasteiger partial charge in [-0.05, 0) is 37.6 Å². The van der Waals surface area contributed by atoms with Crippen LogP contribution in [0.2, 0.25) is 0 Å². The first-order chi connectivity index (χ1) is 11.8. The lowest BCUT2D eigenvalue weighted by Gasteiger charge is -2.34. The molecule has 0 aliphatic carbocycles. The first-order valence-corrected chi connectivity index (χ1v) is 9.53. The molecule has 4 heterocycles. The number of thiophene rings is 1. The minimum absolute atomic E-state index is 0.299. The predicted molar refractivity (Wildman–Crippen MR) is 95.6 cm³/mol. The third-order valence-corrected chi connectivity index (χ3v) is 5.49. The molecule has 4 rings (SSSR count). The summed E-state index contributed by atoms with van der Waals surface area (Å²) in [5.74, 6) is 1.87. The van der Waals surface area contributed by atoms with Crippen molar-refractivity contribution < 1.29 is 9.47 Å². The first kappa shape index (κ1) is 16.0. The highest BCUT2D eigenvalue weighted by atomic mass is 32.1. The molecule has 2 aliphatic rings. The molecule has 2 aromatic rings. The third kappa shape index (κ3) is 3.61. The normalized spacial score (nSPS) is 22.2. The zero-order valence-electron chi connectivity index (χ0n) is 14.0. The summed E-state index contributed by atoms with van der Waals surface area (Å²) < 4.78 is 11.6. The molecule has 2 saturated heterocycles. The molecule has 0 N–H and O–H groups in total. The number of aryl methyl sites for hydroxylation is 1. The van der Waals surface area contributed by atoms with Gasteiger partial charge in [0.2, 0.25) is 0 Å². The maximum absolute atomic E-state index is 6.16. The topological polar surface area (TPSA) is 47.5 Å². The van der Waals surface area contributed by atoms with Gasteiger partial charge in [0.05, 0.1) is 23.7 Å². The van der Waals surface area contributed by atoms with Crippen LogP contribution < -0.4 is 4.90 Å². The van der Waals surface area contributed by atoms with Crippen molar-refractivity contribution in [1.29, 1.82) is 0 Å². The molecule has 0 bridgehead atoms. The quantitative estimate of drug-likeness (QED) is 0.851.